The Morgan fingerprint density at radius 2 is 2.21 bits per heavy atom. The lowest BCUT2D eigenvalue weighted by Gasteiger charge is -2.19. The summed E-state index contributed by atoms with van der Waals surface area (Å²) in [7, 11) is 0. The fraction of sp³-hybridized carbons (Fsp3) is 0.455. The predicted octanol–water partition coefficient (Wildman–Crippen LogP) is 2.19. The summed E-state index contributed by atoms with van der Waals surface area (Å²) in [5, 5.41) is 6.48. The molecule has 1 fully saturated rings. The van der Waals surface area contributed by atoms with Crippen molar-refractivity contribution in [3.05, 3.63) is 30.1 Å². The molecule has 76 valence electrons. The summed E-state index contributed by atoms with van der Waals surface area (Å²) >= 11 is 0. The van der Waals surface area contributed by atoms with E-state index in [0.29, 0.717) is 11.6 Å². The minimum Gasteiger partial charge on any atom is -0.367 e. The van der Waals surface area contributed by atoms with E-state index in [1.807, 2.05) is 6.07 Å². The van der Waals surface area contributed by atoms with Gasteiger partial charge in [-0.3, -0.25) is 5.32 Å². The van der Waals surface area contributed by atoms with Crippen molar-refractivity contribution in [1.82, 2.24) is 5.32 Å². The molecule has 0 saturated carbocycles. The smallest absolute Gasteiger partial charge is 0.146 e. The van der Waals surface area contributed by atoms with Crippen LogP contribution in [0.1, 0.15) is 13.3 Å². The molecule has 1 aliphatic heterocycles. The average Bonchev–Trinajstić information content (AvgIpc) is 2.56. The molecular formula is C11H15FN2. The Hall–Kier alpha value is -1.09. The lowest BCUT2D eigenvalue weighted by Crippen LogP contribution is -2.34. The fourth-order valence-electron chi connectivity index (χ4n) is 1.77. The Morgan fingerprint density at radius 1 is 1.43 bits per heavy atom. The second kappa shape index (κ2) is 3.96. The molecule has 0 bridgehead atoms. The number of anilines is 1. The molecule has 1 aromatic rings. The first-order chi connectivity index (χ1) is 6.77. The number of nitrogens with one attached hydrogen (secondary N) is 2. The summed E-state index contributed by atoms with van der Waals surface area (Å²) < 4.78 is 13.3. The molecule has 3 heteroatoms. The number of hydrogen-bond acceptors (Lipinski definition) is 2. The highest BCUT2D eigenvalue weighted by atomic mass is 19.1. The molecule has 14 heavy (non-hydrogen) atoms. The van der Waals surface area contributed by atoms with Crippen LogP contribution in [-0.2, 0) is 0 Å². The Balaban J connectivity index is 2.07. The third-order valence-electron chi connectivity index (χ3n) is 2.72. The summed E-state index contributed by atoms with van der Waals surface area (Å²) in [6.07, 6.45) is 1.35. The van der Waals surface area contributed by atoms with E-state index in [9.17, 15) is 4.39 Å². The van der Waals surface area contributed by atoms with Crippen LogP contribution in [0.15, 0.2) is 24.3 Å². The van der Waals surface area contributed by atoms with E-state index in [-0.39, 0.29) is 12.0 Å². The molecule has 1 saturated heterocycles. The van der Waals surface area contributed by atoms with Crippen LogP contribution in [0.25, 0.3) is 0 Å². The standard InChI is InChI=1S/C11H15FN2/c1-8-6-7-13-11(8)14-10-5-3-2-4-9(10)12/h2-5,8,11,13-14H,6-7H2,1H3. The van der Waals surface area contributed by atoms with E-state index in [4.69, 9.17) is 0 Å². The van der Waals surface area contributed by atoms with Crippen LogP contribution in [0, 0.1) is 11.7 Å². The van der Waals surface area contributed by atoms with Gasteiger partial charge < -0.3 is 5.32 Å². The summed E-state index contributed by atoms with van der Waals surface area (Å²) in [6.45, 7) is 3.17. The molecule has 1 aromatic carbocycles. The van der Waals surface area contributed by atoms with Crippen LogP contribution in [-0.4, -0.2) is 12.7 Å². The van der Waals surface area contributed by atoms with Crippen molar-refractivity contribution in [1.29, 1.82) is 0 Å². The van der Waals surface area contributed by atoms with Gasteiger partial charge in [0.2, 0.25) is 0 Å². The third-order valence-corrected chi connectivity index (χ3v) is 2.72. The average molecular weight is 194 g/mol. The lowest BCUT2D eigenvalue weighted by molar-refractivity contribution is 0.525. The highest BCUT2D eigenvalue weighted by Gasteiger charge is 2.22. The minimum absolute atomic E-state index is 0.187. The van der Waals surface area contributed by atoms with Gasteiger partial charge in [-0.05, 0) is 31.0 Å². The van der Waals surface area contributed by atoms with Crippen LogP contribution in [0.2, 0.25) is 0 Å². The molecule has 2 atom stereocenters. The molecule has 2 unspecified atom stereocenters. The monoisotopic (exact) mass is 194 g/mol. The number of rotatable bonds is 2. The Morgan fingerprint density at radius 3 is 2.86 bits per heavy atom. The molecule has 2 nitrogen and oxygen atoms in total. The number of halogens is 1. The SMILES string of the molecule is CC1CCNC1Nc1ccccc1F. The fourth-order valence-corrected chi connectivity index (χ4v) is 1.77. The van der Waals surface area contributed by atoms with Crippen molar-refractivity contribution in [3.8, 4) is 0 Å². The van der Waals surface area contributed by atoms with E-state index >= 15 is 0 Å². The van der Waals surface area contributed by atoms with Crippen molar-refractivity contribution in [3.63, 3.8) is 0 Å². The van der Waals surface area contributed by atoms with Gasteiger partial charge >= 0.3 is 0 Å². The van der Waals surface area contributed by atoms with E-state index in [1.54, 1.807) is 12.1 Å². The van der Waals surface area contributed by atoms with E-state index < -0.39 is 0 Å². The van der Waals surface area contributed by atoms with Crippen molar-refractivity contribution in [2.45, 2.75) is 19.5 Å². The molecule has 0 amide bonds. The van der Waals surface area contributed by atoms with Crippen LogP contribution in [0.5, 0.6) is 0 Å². The van der Waals surface area contributed by atoms with Gasteiger partial charge in [-0.2, -0.15) is 0 Å². The maximum absolute atomic E-state index is 13.3. The van der Waals surface area contributed by atoms with Gasteiger partial charge in [0.05, 0.1) is 11.9 Å². The second-order valence-electron chi connectivity index (χ2n) is 3.82. The van der Waals surface area contributed by atoms with Crippen LogP contribution in [0.3, 0.4) is 0 Å². The highest BCUT2D eigenvalue weighted by Crippen LogP contribution is 2.19. The zero-order valence-electron chi connectivity index (χ0n) is 8.26. The molecule has 0 radical (unpaired) electrons. The van der Waals surface area contributed by atoms with Gasteiger partial charge in [0.1, 0.15) is 5.82 Å². The molecule has 2 N–H and O–H groups in total. The zero-order chi connectivity index (χ0) is 9.97. The molecular weight excluding hydrogens is 179 g/mol. The van der Waals surface area contributed by atoms with Crippen LogP contribution >= 0.6 is 0 Å². The third kappa shape index (κ3) is 1.87. The van der Waals surface area contributed by atoms with Gasteiger partial charge in [0.15, 0.2) is 0 Å². The maximum atomic E-state index is 13.3. The Labute approximate surface area is 83.5 Å². The summed E-state index contributed by atoms with van der Waals surface area (Å²) in [6, 6.07) is 6.78. The zero-order valence-corrected chi connectivity index (χ0v) is 8.26. The normalized spacial score (nSPS) is 26.4. The largest absolute Gasteiger partial charge is 0.367 e. The predicted molar refractivity (Wildman–Crippen MR) is 55.6 cm³/mol. The Kier molecular flexibility index (Phi) is 2.68. The molecule has 1 heterocycles. The summed E-state index contributed by atoms with van der Waals surface area (Å²) in [5.41, 5.74) is 0.582. The number of hydrogen-bond donors (Lipinski definition) is 2. The van der Waals surface area contributed by atoms with E-state index in [1.165, 1.54) is 6.07 Å². The quantitative estimate of drug-likeness (QED) is 0.754. The molecule has 0 aromatic heterocycles. The van der Waals surface area contributed by atoms with Crippen molar-refractivity contribution >= 4 is 5.69 Å². The van der Waals surface area contributed by atoms with Crippen molar-refractivity contribution < 1.29 is 4.39 Å². The molecule has 1 aliphatic rings. The van der Waals surface area contributed by atoms with Crippen LogP contribution in [0.4, 0.5) is 10.1 Å². The maximum Gasteiger partial charge on any atom is 0.146 e. The second-order valence-corrected chi connectivity index (χ2v) is 3.82. The van der Waals surface area contributed by atoms with Gasteiger partial charge in [0.25, 0.3) is 0 Å². The topological polar surface area (TPSA) is 24.1 Å². The number of benzene rings is 1. The first kappa shape index (κ1) is 9.46. The minimum atomic E-state index is -0.187. The van der Waals surface area contributed by atoms with E-state index in [2.05, 4.69) is 17.6 Å². The highest BCUT2D eigenvalue weighted by molar-refractivity contribution is 5.45. The van der Waals surface area contributed by atoms with Gasteiger partial charge in [-0.15, -0.1) is 0 Å². The lowest BCUT2D eigenvalue weighted by atomic mass is 10.1. The summed E-state index contributed by atoms with van der Waals surface area (Å²) in [4.78, 5) is 0. The summed E-state index contributed by atoms with van der Waals surface area (Å²) in [5.74, 6) is 0.364. The van der Waals surface area contributed by atoms with Crippen molar-refractivity contribution in [2.24, 2.45) is 5.92 Å². The van der Waals surface area contributed by atoms with Crippen LogP contribution < -0.4 is 10.6 Å². The van der Waals surface area contributed by atoms with E-state index in [0.717, 1.165) is 13.0 Å². The first-order valence-corrected chi connectivity index (χ1v) is 5.02. The molecule has 2 rings (SSSR count). The molecule has 0 aliphatic carbocycles. The van der Waals surface area contributed by atoms with Gasteiger partial charge in [0, 0.05) is 0 Å². The number of para-hydroxylation sites is 1. The van der Waals surface area contributed by atoms with Gasteiger partial charge in [-0.25, -0.2) is 4.39 Å². The Bertz CT molecular complexity index is 314. The molecule has 0 spiro atoms. The van der Waals surface area contributed by atoms with Gasteiger partial charge in [-0.1, -0.05) is 19.1 Å². The van der Waals surface area contributed by atoms with Crippen molar-refractivity contribution in [2.75, 3.05) is 11.9 Å². The first-order valence-electron chi connectivity index (χ1n) is 5.02.